The van der Waals surface area contributed by atoms with Gasteiger partial charge in [-0.15, -0.1) is 0 Å². The van der Waals surface area contributed by atoms with E-state index >= 15 is 0 Å². The first kappa shape index (κ1) is 23.1. The lowest BCUT2D eigenvalue weighted by molar-refractivity contribution is -0.139. The Morgan fingerprint density at radius 1 is 0.588 bits per heavy atom. The zero-order valence-electron chi connectivity index (χ0n) is 19.5. The highest BCUT2D eigenvalue weighted by Gasteiger charge is 2.41. The van der Waals surface area contributed by atoms with Crippen LogP contribution in [0.4, 0.5) is 0 Å². The highest BCUT2D eigenvalue weighted by atomic mass is 16.6. The second kappa shape index (κ2) is 9.96. The summed E-state index contributed by atoms with van der Waals surface area (Å²) in [7, 11) is 0. The van der Waals surface area contributed by atoms with E-state index in [1.165, 1.54) is 0 Å². The average molecular weight is 482 g/mol. The van der Waals surface area contributed by atoms with Gasteiger partial charge in [-0.25, -0.2) is 0 Å². The molecule has 6 heterocycles. The average Bonchev–Trinajstić information content (AvgIpc) is 3.62. The Balaban J connectivity index is 1.14. The summed E-state index contributed by atoms with van der Waals surface area (Å²) in [6.07, 6.45) is 1.51. The summed E-state index contributed by atoms with van der Waals surface area (Å²) in [5.74, 6) is 0.0967. The molecular weight excluding hydrogens is 446 g/mol. The summed E-state index contributed by atoms with van der Waals surface area (Å²) < 4.78 is 32.5. The Hall–Kier alpha value is -1.34. The largest absolute Gasteiger partial charge is 0.372 e. The van der Waals surface area contributed by atoms with Crippen LogP contribution in [0.25, 0.3) is 0 Å². The van der Waals surface area contributed by atoms with Gasteiger partial charge in [0.25, 0.3) is 0 Å². The van der Waals surface area contributed by atoms with Crippen LogP contribution in [0.1, 0.15) is 12.8 Å². The van der Waals surface area contributed by atoms with Gasteiger partial charge in [-0.05, 0) is 6.42 Å². The summed E-state index contributed by atoms with van der Waals surface area (Å²) in [6, 6.07) is -0.411. The predicted molar refractivity (Wildman–Crippen MR) is 116 cm³/mol. The number of rotatable bonds is 17. The summed E-state index contributed by atoms with van der Waals surface area (Å²) in [4.78, 5) is 33.0. The normalized spacial score (nSPS) is 35.0. The maximum absolute atomic E-state index is 13.9. The molecule has 7 unspecified atom stereocenters. The van der Waals surface area contributed by atoms with Crippen molar-refractivity contribution in [1.82, 2.24) is 14.7 Å². The van der Waals surface area contributed by atoms with Crippen molar-refractivity contribution >= 4 is 11.8 Å². The van der Waals surface area contributed by atoms with Crippen LogP contribution in [0.5, 0.6) is 0 Å². The van der Waals surface area contributed by atoms with E-state index < -0.39 is 6.04 Å². The first-order valence-electron chi connectivity index (χ1n) is 12.6. The lowest BCUT2D eigenvalue weighted by Gasteiger charge is -2.34. The number of epoxide rings is 6. The number of hydrogen-bond acceptors (Lipinski definition) is 9. The van der Waals surface area contributed by atoms with E-state index in [2.05, 4.69) is 4.90 Å². The zero-order chi connectivity index (χ0) is 23.1. The van der Waals surface area contributed by atoms with Crippen LogP contribution in [0, 0.1) is 0 Å². The van der Waals surface area contributed by atoms with Crippen LogP contribution in [-0.2, 0) is 38.0 Å². The summed E-state index contributed by atoms with van der Waals surface area (Å²) in [6.45, 7) is 7.90. The van der Waals surface area contributed by atoms with Gasteiger partial charge in [-0.2, -0.15) is 0 Å². The maximum atomic E-state index is 13.9. The molecule has 0 bridgehead atoms. The smallest absolute Gasteiger partial charge is 0.240 e. The fraction of sp³-hybridized carbons (Fsp3) is 0.913. The lowest BCUT2D eigenvalue weighted by Crippen LogP contribution is -2.53. The molecule has 34 heavy (non-hydrogen) atoms. The Labute approximate surface area is 199 Å². The van der Waals surface area contributed by atoms with Gasteiger partial charge < -0.3 is 38.2 Å². The Kier molecular flexibility index (Phi) is 6.76. The van der Waals surface area contributed by atoms with Crippen molar-refractivity contribution in [2.45, 2.75) is 55.5 Å². The second-order valence-corrected chi connectivity index (χ2v) is 10.3. The summed E-state index contributed by atoms with van der Waals surface area (Å²) in [5.41, 5.74) is 0. The maximum Gasteiger partial charge on any atom is 0.240 e. The van der Waals surface area contributed by atoms with E-state index in [1.807, 2.05) is 9.80 Å². The number of carbonyl (C=O) groups is 2. The van der Waals surface area contributed by atoms with Crippen LogP contribution in [0.3, 0.4) is 0 Å². The van der Waals surface area contributed by atoms with Crippen molar-refractivity contribution in [3.05, 3.63) is 0 Å². The zero-order valence-corrected chi connectivity index (χ0v) is 19.5. The van der Waals surface area contributed by atoms with E-state index in [9.17, 15) is 9.59 Å². The van der Waals surface area contributed by atoms with Crippen molar-refractivity contribution in [3.8, 4) is 0 Å². The van der Waals surface area contributed by atoms with Gasteiger partial charge in [0.15, 0.2) is 0 Å². The molecule has 0 saturated carbocycles. The fourth-order valence-corrected chi connectivity index (χ4v) is 4.50. The minimum Gasteiger partial charge on any atom is -0.372 e. The van der Waals surface area contributed by atoms with Gasteiger partial charge in [-0.1, -0.05) is 0 Å². The first-order chi connectivity index (χ1) is 16.6. The molecule has 6 aliphatic rings. The SMILES string of the molecule is O=C(CCC(C(=O)N(CC1CO1)CC1CO1)N(CC1CO1)CC1CO1)N(CC1CO1)CC1CO1. The summed E-state index contributed by atoms with van der Waals surface area (Å²) >= 11 is 0. The van der Waals surface area contributed by atoms with Gasteiger partial charge in [-0.3, -0.25) is 14.5 Å². The van der Waals surface area contributed by atoms with E-state index in [0.717, 1.165) is 0 Å². The van der Waals surface area contributed by atoms with E-state index in [0.29, 0.717) is 91.8 Å². The topological polar surface area (TPSA) is 119 Å². The molecule has 0 spiro atoms. The highest BCUT2D eigenvalue weighted by Crippen LogP contribution is 2.24. The third-order valence-corrected chi connectivity index (χ3v) is 7.01. The highest BCUT2D eigenvalue weighted by molar-refractivity contribution is 5.83. The van der Waals surface area contributed by atoms with Crippen molar-refractivity contribution < 1.29 is 38.0 Å². The number of hydrogen-bond donors (Lipinski definition) is 0. The molecule has 6 aliphatic heterocycles. The van der Waals surface area contributed by atoms with Crippen molar-refractivity contribution in [3.63, 3.8) is 0 Å². The second-order valence-electron chi connectivity index (χ2n) is 10.3. The molecular formula is C23H35N3O8. The lowest BCUT2D eigenvalue weighted by atomic mass is 10.1. The molecule has 0 aromatic carbocycles. The molecule has 0 aliphatic carbocycles. The van der Waals surface area contributed by atoms with Crippen molar-refractivity contribution in [2.75, 3.05) is 78.9 Å². The van der Waals surface area contributed by atoms with Crippen molar-refractivity contribution in [1.29, 1.82) is 0 Å². The third-order valence-electron chi connectivity index (χ3n) is 7.01. The minimum atomic E-state index is -0.411. The van der Waals surface area contributed by atoms with Crippen LogP contribution < -0.4 is 0 Å². The molecule has 11 heteroatoms. The minimum absolute atomic E-state index is 0.0442. The summed E-state index contributed by atoms with van der Waals surface area (Å²) in [5, 5.41) is 0. The third kappa shape index (κ3) is 7.09. The van der Waals surface area contributed by atoms with Crippen LogP contribution in [-0.4, -0.2) is 148 Å². The Morgan fingerprint density at radius 3 is 1.32 bits per heavy atom. The molecule has 6 rings (SSSR count). The number of ether oxygens (including phenoxy) is 6. The predicted octanol–water partition coefficient (Wildman–Crippen LogP) is -1.51. The van der Waals surface area contributed by atoms with E-state index in [-0.39, 0.29) is 48.4 Å². The monoisotopic (exact) mass is 481 g/mol. The van der Waals surface area contributed by atoms with Gasteiger partial charge in [0.05, 0.1) is 82.3 Å². The molecule has 0 N–H and O–H groups in total. The van der Waals surface area contributed by atoms with Crippen LogP contribution >= 0.6 is 0 Å². The molecule has 6 fully saturated rings. The Bertz CT molecular complexity index is 704. The first-order valence-corrected chi connectivity index (χ1v) is 12.6. The molecule has 0 aromatic rings. The molecule has 0 aromatic heterocycles. The molecule has 11 nitrogen and oxygen atoms in total. The number of carbonyl (C=O) groups excluding carboxylic acids is 2. The van der Waals surface area contributed by atoms with Gasteiger partial charge in [0.1, 0.15) is 0 Å². The molecule has 0 radical (unpaired) electrons. The molecule has 7 atom stereocenters. The van der Waals surface area contributed by atoms with Crippen LogP contribution in [0.2, 0.25) is 0 Å². The quantitative estimate of drug-likeness (QED) is 0.228. The van der Waals surface area contributed by atoms with Crippen molar-refractivity contribution in [2.24, 2.45) is 0 Å². The molecule has 6 saturated heterocycles. The Morgan fingerprint density at radius 2 is 0.941 bits per heavy atom. The van der Waals surface area contributed by atoms with E-state index in [1.54, 1.807) is 0 Å². The molecule has 190 valence electrons. The van der Waals surface area contributed by atoms with Crippen LogP contribution in [0.15, 0.2) is 0 Å². The number of amides is 2. The van der Waals surface area contributed by atoms with Gasteiger partial charge >= 0.3 is 0 Å². The fourth-order valence-electron chi connectivity index (χ4n) is 4.50. The standard InChI is InChI=1S/C23H35N3O8/c27-22(25(5-17-11-31-17)6-18-12-32-18)2-1-21(24(3-15-9-29-15)4-16-10-30-16)23(28)26(7-19-13-33-19)8-20-14-34-20/h15-21H,1-14H2. The number of nitrogens with zero attached hydrogens (tertiary/aromatic N) is 3. The van der Waals surface area contributed by atoms with Gasteiger partial charge in [0, 0.05) is 45.7 Å². The molecule has 2 amide bonds. The van der Waals surface area contributed by atoms with E-state index in [4.69, 9.17) is 28.4 Å². The van der Waals surface area contributed by atoms with Gasteiger partial charge in [0.2, 0.25) is 11.8 Å².